The van der Waals surface area contributed by atoms with Crippen molar-refractivity contribution in [1.29, 1.82) is 0 Å². The number of nitrogens with one attached hydrogen (secondary N) is 1. The monoisotopic (exact) mass is 474 g/mol. The third kappa shape index (κ3) is 4.24. The van der Waals surface area contributed by atoms with Gasteiger partial charge in [0.2, 0.25) is 0 Å². The summed E-state index contributed by atoms with van der Waals surface area (Å²) >= 11 is 10.6. The van der Waals surface area contributed by atoms with Gasteiger partial charge in [-0.2, -0.15) is 0 Å². The summed E-state index contributed by atoms with van der Waals surface area (Å²) < 4.78 is 1.71. The van der Waals surface area contributed by atoms with E-state index >= 15 is 0 Å². The van der Waals surface area contributed by atoms with Gasteiger partial charge >= 0.3 is 0 Å². The Bertz CT molecular complexity index is 679. The summed E-state index contributed by atoms with van der Waals surface area (Å²) in [6.45, 7) is 0. The third-order valence-electron chi connectivity index (χ3n) is 2.87. The number of benzene rings is 2. The molecule has 1 amide bonds. The van der Waals surface area contributed by atoms with Crippen LogP contribution in [-0.2, 0) is 0 Å². The van der Waals surface area contributed by atoms with Crippen molar-refractivity contribution in [2.45, 2.75) is 6.04 Å². The molecule has 0 fully saturated rings. The van der Waals surface area contributed by atoms with Gasteiger partial charge < -0.3 is 11.1 Å². The van der Waals surface area contributed by atoms with E-state index in [-0.39, 0.29) is 10.9 Å². The van der Waals surface area contributed by atoms with Crippen LogP contribution < -0.4 is 11.1 Å². The van der Waals surface area contributed by atoms with E-state index < -0.39 is 6.04 Å². The van der Waals surface area contributed by atoms with Crippen LogP contribution in [0.15, 0.2) is 53.0 Å². The van der Waals surface area contributed by atoms with Gasteiger partial charge in [0.1, 0.15) is 11.0 Å². The Balaban J connectivity index is 2.27. The van der Waals surface area contributed by atoms with Crippen LogP contribution in [0.1, 0.15) is 22.0 Å². The standard InChI is InChI=1S/C15H12BrIN2OS/c16-12-7-6-10(17)8-11(12)15(20)19-13(14(18)21)9-4-2-1-3-5-9/h1-8,13H,(H2,18,21)(H,19,20). The van der Waals surface area contributed by atoms with Crippen molar-refractivity contribution >= 4 is 61.6 Å². The molecule has 0 aliphatic rings. The van der Waals surface area contributed by atoms with E-state index in [0.29, 0.717) is 5.56 Å². The number of thiocarbonyl (C=S) groups is 1. The quantitative estimate of drug-likeness (QED) is 0.523. The normalized spacial score (nSPS) is 11.7. The SMILES string of the molecule is NC(=S)C(NC(=O)c1cc(I)ccc1Br)c1ccccc1. The molecular formula is C15H12BrIN2OS. The average Bonchev–Trinajstić information content (AvgIpc) is 2.47. The molecule has 0 radical (unpaired) electrons. The van der Waals surface area contributed by atoms with Crippen molar-refractivity contribution in [1.82, 2.24) is 5.32 Å². The van der Waals surface area contributed by atoms with Crippen molar-refractivity contribution < 1.29 is 4.79 Å². The molecule has 2 aromatic rings. The second kappa shape index (κ2) is 7.33. The number of rotatable bonds is 4. The lowest BCUT2D eigenvalue weighted by molar-refractivity contribution is 0.0946. The van der Waals surface area contributed by atoms with Crippen LogP contribution in [0.2, 0.25) is 0 Å². The Hall–Kier alpha value is -0.990. The summed E-state index contributed by atoms with van der Waals surface area (Å²) in [7, 11) is 0. The zero-order chi connectivity index (χ0) is 15.4. The third-order valence-corrected chi connectivity index (χ3v) is 4.46. The Kier molecular flexibility index (Phi) is 5.72. The van der Waals surface area contributed by atoms with Gasteiger partial charge in [-0.25, -0.2) is 0 Å². The lowest BCUT2D eigenvalue weighted by atomic mass is 10.1. The Morgan fingerprint density at radius 2 is 1.90 bits per heavy atom. The highest BCUT2D eigenvalue weighted by Crippen LogP contribution is 2.21. The molecule has 2 aromatic carbocycles. The molecule has 2 rings (SSSR count). The second-order valence-corrected chi connectivity index (χ2v) is 6.92. The first-order valence-corrected chi connectivity index (χ1v) is 8.37. The molecule has 3 nitrogen and oxygen atoms in total. The maximum absolute atomic E-state index is 12.4. The van der Waals surface area contributed by atoms with Gasteiger partial charge in [-0.15, -0.1) is 0 Å². The van der Waals surface area contributed by atoms with Gasteiger partial charge in [-0.05, 0) is 62.3 Å². The van der Waals surface area contributed by atoms with Crippen LogP contribution in [0, 0.1) is 3.57 Å². The van der Waals surface area contributed by atoms with Crippen LogP contribution in [0.5, 0.6) is 0 Å². The summed E-state index contributed by atoms with van der Waals surface area (Å²) in [5.41, 5.74) is 7.18. The fourth-order valence-electron chi connectivity index (χ4n) is 1.84. The minimum atomic E-state index is -0.488. The van der Waals surface area contributed by atoms with Gasteiger partial charge in [0.25, 0.3) is 5.91 Å². The molecule has 0 spiro atoms. The molecule has 0 aliphatic heterocycles. The fraction of sp³-hybridized carbons (Fsp3) is 0.0667. The van der Waals surface area contributed by atoms with Gasteiger partial charge in [-0.1, -0.05) is 42.5 Å². The number of nitrogens with two attached hydrogens (primary N) is 1. The maximum Gasteiger partial charge on any atom is 0.253 e. The van der Waals surface area contributed by atoms with Crippen molar-refractivity contribution in [2.24, 2.45) is 5.73 Å². The largest absolute Gasteiger partial charge is 0.391 e. The second-order valence-electron chi connectivity index (χ2n) is 4.34. The molecule has 21 heavy (non-hydrogen) atoms. The summed E-state index contributed by atoms with van der Waals surface area (Å²) in [4.78, 5) is 12.7. The number of hydrogen-bond donors (Lipinski definition) is 2. The van der Waals surface area contributed by atoms with Gasteiger partial charge in [-0.3, -0.25) is 4.79 Å². The molecule has 1 unspecified atom stereocenters. The first kappa shape index (κ1) is 16.4. The van der Waals surface area contributed by atoms with Crippen LogP contribution in [0.25, 0.3) is 0 Å². The van der Waals surface area contributed by atoms with Gasteiger partial charge in [0, 0.05) is 8.04 Å². The van der Waals surface area contributed by atoms with Crippen molar-refractivity contribution in [2.75, 3.05) is 0 Å². The molecule has 0 bridgehead atoms. The highest BCUT2D eigenvalue weighted by molar-refractivity contribution is 14.1. The molecule has 0 saturated heterocycles. The topological polar surface area (TPSA) is 55.1 Å². The maximum atomic E-state index is 12.4. The zero-order valence-corrected chi connectivity index (χ0v) is 15.4. The molecule has 0 heterocycles. The summed E-state index contributed by atoms with van der Waals surface area (Å²) in [5, 5.41) is 2.88. The zero-order valence-electron chi connectivity index (χ0n) is 10.8. The van der Waals surface area contributed by atoms with E-state index in [1.807, 2.05) is 48.5 Å². The molecular weight excluding hydrogens is 463 g/mol. The number of halogens is 2. The molecule has 0 aliphatic carbocycles. The number of amides is 1. The van der Waals surface area contributed by atoms with Crippen LogP contribution in [0.3, 0.4) is 0 Å². The van der Waals surface area contributed by atoms with E-state index in [4.69, 9.17) is 18.0 Å². The molecule has 108 valence electrons. The van der Waals surface area contributed by atoms with Crippen molar-refractivity contribution in [3.05, 3.63) is 67.7 Å². The van der Waals surface area contributed by atoms with Crippen LogP contribution >= 0.6 is 50.7 Å². The molecule has 6 heteroatoms. The van der Waals surface area contributed by atoms with E-state index in [1.54, 1.807) is 0 Å². The predicted molar refractivity (Wildman–Crippen MR) is 100 cm³/mol. The number of carbonyl (C=O) groups is 1. The van der Waals surface area contributed by atoms with E-state index in [2.05, 4.69) is 43.8 Å². The van der Waals surface area contributed by atoms with Crippen LogP contribution in [-0.4, -0.2) is 10.9 Å². The Morgan fingerprint density at radius 3 is 2.52 bits per heavy atom. The van der Waals surface area contributed by atoms with Gasteiger partial charge in [0.15, 0.2) is 0 Å². The lowest BCUT2D eigenvalue weighted by Crippen LogP contribution is -2.36. The molecule has 0 saturated carbocycles. The van der Waals surface area contributed by atoms with E-state index in [0.717, 1.165) is 13.6 Å². The number of carbonyl (C=O) groups excluding carboxylic acids is 1. The average molecular weight is 475 g/mol. The van der Waals surface area contributed by atoms with E-state index in [1.165, 1.54) is 0 Å². The van der Waals surface area contributed by atoms with E-state index in [9.17, 15) is 4.79 Å². The molecule has 1 atom stereocenters. The summed E-state index contributed by atoms with van der Waals surface area (Å²) in [6, 6.07) is 14.5. The van der Waals surface area contributed by atoms with Crippen molar-refractivity contribution in [3.63, 3.8) is 0 Å². The van der Waals surface area contributed by atoms with Crippen molar-refractivity contribution in [3.8, 4) is 0 Å². The first-order chi connectivity index (χ1) is 9.99. The molecule has 0 aromatic heterocycles. The van der Waals surface area contributed by atoms with Gasteiger partial charge in [0.05, 0.1) is 5.56 Å². The van der Waals surface area contributed by atoms with Crippen LogP contribution in [0.4, 0.5) is 0 Å². The highest BCUT2D eigenvalue weighted by atomic mass is 127. The minimum absolute atomic E-state index is 0.220. The smallest absolute Gasteiger partial charge is 0.253 e. The summed E-state index contributed by atoms with van der Waals surface area (Å²) in [5.74, 6) is -0.220. The first-order valence-electron chi connectivity index (χ1n) is 6.09. The fourth-order valence-corrected chi connectivity index (χ4v) is 2.96. The minimum Gasteiger partial charge on any atom is -0.391 e. The Morgan fingerprint density at radius 1 is 1.24 bits per heavy atom. The predicted octanol–water partition coefficient (Wildman–Crippen LogP) is 3.81. The lowest BCUT2D eigenvalue weighted by Gasteiger charge is -2.18. The molecule has 3 N–H and O–H groups in total. The Labute approximate surface area is 150 Å². The number of hydrogen-bond acceptors (Lipinski definition) is 2. The highest BCUT2D eigenvalue weighted by Gasteiger charge is 2.19. The summed E-state index contributed by atoms with van der Waals surface area (Å²) in [6.07, 6.45) is 0.